The zero-order chi connectivity index (χ0) is 18.2. The molecule has 0 aromatic carbocycles. The summed E-state index contributed by atoms with van der Waals surface area (Å²) in [5.41, 5.74) is 1.51. The van der Waals surface area contributed by atoms with Crippen LogP contribution in [0.1, 0.15) is 41.3 Å². The molecule has 0 bridgehead atoms. The standard InChI is InChI=1S/C16H21N3O4S2/c1-10-16(12(3)23-18-10)25(21,22)17-7-4-15(20)19-8-5-14-13(11(19)2)6-9-24-14/h6,9,11,17H,4-5,7-8H2,1-3H3/t11-/m1/s1. The van der Waals surface area contributed by atoms with Crippen LogP contribution < -0.4 is 4.72 Å². The summed E-state index contributed by atoms with van der Waals surface area (Å²) in [4.78, 5) is 15.7. The first-order chi connectivity index (χ1) is 11.8. The van der Waals surface area contributed by atoms with Gasteiger partial charge in [-0.3, -0.25) is 4.79 Å². The molecule has 0 radical (unpaired) electrons. The topological polar surface area (TPSA) is 92.5 Å². The molecule has 1 aliphatic heterocycles. The van der Waals surface area contributed by atoms with E-state index < -0.39 is 10.0 Å². The van der Waals surface area contributed by atoms with E-state index in [1.54, 1.807) is 25.2 Å². The maximum atomic E-state index is 12.5. The van der Waals surface area contributed by atoms with E-state index in [1.807, 2.05) is 17.2 Å². The lowest BCUT2D eigenvalue weighted by Crippen LogP contribution is -2.40. The highest BCUT2D eigenvalue weighted by molar-refractivity contribution is 7.89. The van der Waals surface area contributed by atoms with Gasteiger partial charge in [0.2, 0.25) is 15.9 Å². The van der Waals surface area contributed by atoms with E-state index in [0.717, 1.165) is 6.42 Å². The first-order valence-electron chi connectivity index (χ1n) is 8.09. The van der Waals surface area contributed by atoms with Crippen LogP contribution in [-0.4, -0.2) is 37.5 Å². The molecule has 2 aromatic rings. The fraction of sp³-hybridized carbons (Fsp3) is 0.500. The summed E-state index contributed by atoms with van der Waals surface area (Å²) >= 11 is 1.72. The predicted molar refractivity (Wildman–Crippen MR) is 93.9 cm³/mol. The molecule has 1 N–H and O–H groups in total. The van der Waals surface area contributed by atoms with Crippen LogP contribution in [0, 0.1) is 13.8 Å². The molecule has 0 saturated carbocycles. The number of nitrogens with one attached hydrogen (secondary N) is 1. The van der Waals surface area contributed by atoms with Crippen molar-refractivity contribution in [2.24, 2.45) is 0 Å². The van der Waals surface area contributed by atoms with Gasteiger partial charge in [0.05, 0.1) is 6.04 Å². The van der Waals surface area contributed by atoms with E-state index in [0.29, 0.717) is 12.2 Å². The Hall–Kier alpha value is -1.71. The van der Waals surface area contributed by atoms with Crippen LogP contribution in [0.3, 0.4) is 0 Å². The van der Waals surface area contributed by atoms with Crippen molar-refractivity contribution < 1.29 is 17.7 Å². The first-order valence-corrected chi connectivity index (χ1v) is 10.5. The highest BCUT2D eigenvalue weighted by atomic mass is 32.2. The lowest BCUT2D eigenvalue weighted by Gasteiger charge is -2.33. The normalized spacial score (nSPS) is 17.6. The van der Waals surface area contributed by atoms with Gasteiger partial charge in [-0.2, -0.15) is 0 Å². The molecule has 0 saturated heterocycles. The van der Waals surface area contributed by atoms with Gasteiger partial charge >= 0.3 is 0 Å². The molecule has 7 nitrogen and oxygen atoms in total. The zero-order valence-electron chi connectivity index (χ0n) is 14.4. The van der Waals surface area contributed by atoms with Crippen molar-refractivity contribution in [2.75, 3.05) is 13.1 Å². The van der Waals surface area contributed by atoms with Crippen LogP contribution in [0.2, 0.25) is 0 Å². The average molecular weight is 383 g/mol. The summed E-state index contributed by atoms with van der Waals surface area (Å²) in [5.74, 6) is 0.191. The molecule has 0 spiro atoms. The quantitative estimate of drug-likeness (QED) is 0.854. The summed E-state index contributed by atoms with van der Waals surface area (Å²) in [6.07, 6.45) is 0.973. The van der Waals surface area contributed by atoms with E-state index in [1.165, 1.54) is 10.4 Å². The smallest absolute Gasteiger partial charge is 0.245 e. The summed E-state index contributed by atoms with van der Waals surface area (Å²) < 4.78 is 32.1. The number of amides is 1. The van der Waals surface area contributed by atoms with E-state index in [4.69, 9.17) is 4.52 Å². The maximum absolute atomic E-state index is 12.5. The number of fused-ring (bicyclic) bond motifs is 1. The van der Waals surface area contributed by atoms with Gasteiger partial charge in [0.25, 0.3) is 0 Å². The Morgan fingerprint density at radius 2 is 2.24 bits per heavy atom. The molecule has 0 aliphatic carbocycles. The lowest BCUT2D eigenvalue weighted by molar-refractivity contribution is -0.133. The van der Waals surface area contributed by atoms with Crippen LogP contribution in [-0.2, 0) is 21.2 Å². The molecule has 3 rings (SSSR count). The van der Waals surface area contributed by atoms with Crippen LogP contribution in [0.15, 0.2) is 20.9 Å². The van der Waals surface area contributed by atoms with Crippen molar-refractivity contribution in [1.82, 2.24) is 14.8 Å². The molecule has 3 heterocycles. The Kier molecular flexibility index (Phi) is 4.99. The summed E-state index contributed by atoms with van der Waals surface area (Å²) in [6.45, 7) is 5.85. The van der Waals surface area contributed by atoms with Crippen molar-refractivity contribution in [3.05, 3.63) is 33.3 Å². The Bertz CT molecular complexity index is 866. The minimum Gasteiger partial charge on any atom is -0.360 e. The number of thiophene rings is 1. The van der Waals surface area contributed by atoms with Gasteiger partial charge in [0, 0.05) is 24.4 Å². The minimum atomic E-state index is -3.73. The van der Waals surface area contributed by atoms with Crippen molar-refractivity contribution >= 4 is 27.3 Å². The Balaban J connectivity index is 1.60. The van der Waals surface area contributed by atoms with E-state index >= 15 is 0 Å². The number of carbonyl (C=O) groups excluding carboxylic acids is 1. The van der Waals surface area contributed by atoms with Gasteiger partial charge in [-0.15, -0.1) is 11.3 Å². The van der Waals surface area contributed by atoms with Crippen LogP contribution in [0.25, 0.3) is 0 Å². The van der Waals surface area contributed by atoms with Crippen molar-refractivity contribution in [3.8, 4) is 0 Å². The minimum absolute atomic E-state index is 0.0293. The second kappa shape index (κ2) is 6.89. The van der Waals surface area contributed by atoms with Crippen molar-refractivity contribution in [2.45, 2.75) is 44.6 Å². The molecule has 9 heteroatoms. The third kappa shape index (κ3) is 3.49. The fourth-order valence-corrected chi connectivity index (χ4v) is 5.54. The molecule has 0 unspecified atom stereocenters. The van der Waals surface area contributed by atoms with Crippen LogP contribution in [0.5, 0.6) is 0 Å². The average Bonchev–Trinajstić information content (AvgIpc) is 3.14. The molecular weight excluding hydrogens is 362 g/mol. The summed E-state index contributed by atoms with van der Waals surface area (Å²) in [5, 5.41) is 5.71. The van der Waals surface area contributed by atoms with Gasteiger partial charge in [0.15, 0.2) is 5.76 Å². The third-order valence-corrected chi connectivity index (χ3v) is 7.17. The largest absolute Gasteiger partial charge is 0.360 e. The molecule has 1 amide bonds. The second-order valence-corrected chi connectivity index (χ2v) is 8.82. The molecule has 0 fully saturated rings. The number of rotatable bonds is 5. The SMILES string of the molecule is Cc1noc(C)c1S(=O)(=O)NCCC(=O)N1CCc2sccc2[C@H]1C. The Labute approximate surface area is 151 Å². The number of nitrogens with zero attached hydrogens (tertiary/aromatic N) is 2. The molecule has 2 aromatic heterocycles. The highest BCUT2D eigenvalue weighted by Crippen LogP contribution is 2.33. The lowest BCUT2D eigenvalue weighted by atomic mass is 10.0. The van der Waals surface area contributed by atoms with Crippen molar-refractivity contribution in [3.63, 3.8) is 0 Å². The monoisotopic (exact) mass is 383 g/mol. The zero-order valence-corrected chi connectivity index (χ0v) is 16.0. The molecule has 1 atom stereocenters. The molecule has 1 aliphatic rings. The number of sulfonamides is 1. The summed E-state index contributed by atoms with van der Waals surface area (Å²) in [6, 6.07) is 2.09. The van der Waals surface area contributed by atoms with Gasteiger partial charge in [-0.1, -0.05) is 5.16 Å². The van der Waals surface area contributed by atoms with Gasteiger partial charge < -0.3 is 9.42 Å². The number of carbonyl (C=O) groups is 1. The Morgan fingerprint density at radius 1 is 1.48 bits per heavy atom. The molecular formula is C16H21N3O4S2. The van der Waals surface area contributed by atoms with Crippen LogP contribution >= 0.6 is 11.3 Å². The Morgan fingerprint density at radius 3 is 2.92 bits per heavy atom. The molecule has 136 valence electrons. The van der Waals surface area contributed by atoms with Gasteiger partial charge in [-0.05, 0) is 44.2 Å². The van der Waals surface area contributed by atoms with Crippen molar-refractivity contribution in [1.29, 1.82) is 0 Å². The third-order valence-electron chi connectivity index (χ3n) is 4.47. The molecule has 25 heavy (non-hydrogen) atoms. The second-order valence-electron chi connectivity index (χ2n) is 6.11. The summed E-state index contributed by atoms with van der Waals surface area (Å²) in [7, 11) is -3.73. The van der Waals surface area contributed by atoms with Crippen LogP contribution in [0.4, 0.5) is 0 Å². The number of aromatic nitrogens is 1. The fourth-order valence-electron chi connectivity index (χ4n) is 3.22. The van der Waals surface area contributed by atoms with Gasteiger partial charge in [-0.25, -0.2) is 13.1 Å². The van der Waals surface area contributed by atoms with E-state index in [9.17, 15) is 13.2 Å². The number of hydrogen-bond donors (Lipinski definition) is 1. The first kappa shape index (κ1) is 18.1. The highest BCUT2D eigenvalue weighted by Gasteiger charge is 2.29. The van der Waals surface area contributed by atoms with Gasteiger partial charge in [0.1, 0.15) is 10.6 Å². The maximum Gasteiger partial charge on any atom is 0.245 e. The number of hydrogen-bond acceptors (Lipinski definition) is 6. The predicted octanol–water partition coefficient (Wildman–Crippen LogP) is 2.17. The van der Waals surface area contributed by atoms with E-state index in [2.05, 4.69) is 15.9 Å². The number of aryl methyl sites for hydroxylation is 2. The van der Waals surface area contributed by atoms with E-state index in [-0.39, 0.29) is 35.6 Å².